The van der Waals surface area contributed by atoms with Gasteiger partial charge in [-0.05, 0) is 63.0 Å². The van der Waals surface area contributed by atoms with Crippen LogP contribution in [-0.2, 0) is 0 Å². The third kappa shape index (κ3) is 3.54. The summed E-state index contributed by atoms with van der Waals surface area (Å²) in [6.45, 7) is 9.02. The summed E-state index contributed by atoms with van der Waals surface area (Å²) in [6, 6.07) is 13.7. The Bertz CT molecular complexity index is 1160. The number of fused-ring (bicyclic) bond motifs is 1. The summed E-state index contributed by atoms with van der Waals surface area (Å²) in [4.78, 5) is 20.4. The van der Waals surface area contributed by atoms with Crippen LogP contribution in [0.4, 0.5) is 0 Å². The van der Waals surface area contributed by atoms with Crippen LogP contribution >= 0.6 is 0 Å². The van der Waals surface area contributed by atoms with E-state index in [-0.39, 0.29) is 11.4 Å². The number of likely N-dealkylation sites (tertiary alicyclic amines) is 1. The van der Waals surface area contributed by atoms with Gasteiger partial charge in [-0.3, -0.25) is 14.7 Å². The Morgan fingerprint density at radius 1 is 1.13 bits per heavy atom. The summed E-state index contributed by atoms with van der Waals surface area (Å²) in [5, 5.41) is 12.5. The maximum atomic E-state index is 13.3. The molecular weight excluding hydrogens is 374 g/mol. The Morgan fingerprint density at radius 2 is 1.90 bits per heavy atom. The van der Waals surface area contributed by atoms with Crippen molar-refractivity contribution in [3.05, 3.63) is 69.5 Å². The number of pyridine rings is 1. The molecule has 156 valence electrons. The second kappa shape index (κ2) is 8.44. The zero-order chi connectivity index (χ0) is 21.3. The summed E-state index contributed by atoms with van der Waals surface area (Å²) < 4.78 is 1.42. The van der Waals surface area contributed by atoms with Crippen molar-refractivity contribution in [3.63, 3.8) is 0 Å². The van der Waals surface area contributed by atoms with Gasteiger partial charge in [-0.25, -0.2) is 4.57 Å². The molecule has 1 atom stereocenters. The molecule has 0 unspecified atom stereocenters. The lowest BCUT2D eigenvalue weighted by molar-refractivity contribution is 0.273. The minimum atomic E-state index is -0.220. The van der Waals surface area contributed by atoms with Crippen LogP contribution in [0.3, 0.4) is 0 Å². The maximum Gasteiger partial charge on any atom is 0.265 e. The summed E-state index contributed by atoms with van der Waals surface area (Å²) in [6.07, 6.45) is 4.10. The molecule has 1 aliphatic heterocycles. The topological polar surface area (TPSA) is 57.8 Å². The van der Waals surface area contributed by atoms with Gasteiger partial charge in [0.05, 0.1) is 17.8 Å². The molecule has 0 radical (unpaired) electrons. The molecule has 1 fully saturated rings. The van der Waals surface area contributed by atoms with E-state index in [1.807, 2.05) is 56.3 Å². The van der Waals surface area contributed by atoms with Crippen LogP contribution in [0.5, 0.6) is 5.88 Å². The first-order valence-corrected chi connectivity index (χ1v) is 10.7. The molecule has 30 heavy (non-hydrogen) atoms. The predicted molar refractivity (Wildman–Crippen MR) is 123 cm³/mol. The second-order valence-corrected chi connectivity index (χ2v) is 8.06. The molecule has 0 aliphatic carbocycles. The number of benzene rings is 2. The number of hydrogen-bond donors (Lipinski definition) is 1. The number of aliphatic imine (C=N–C) groups is 1. The molecule has 0 saturated carbocycles. The smallest absolute Gasteiger partial charge is 0.265 e. The first kappa shape index (κ1) is 20.4. The fourth-order valence-corrected chi connectivity index (χ4v) is 4.47. The molecule has 0 bridgehead atoms. The average molecular weight is 404 g/mol. The van der Waals surface area contributed by atoms with Crippen molar-refractivity contribution in [2.24, 2.45) is 4.99 Å². The zero-order valence-electron chi connectivity index (χ0n) is 17.9. The van der Waals surface area contributed by atoms with Crippen LogP contribution in [-0.4, -0.2) is 46.5 Å². The van der Waals surface area contributed by atoms with Gasteiger partial charge in [0.1, 0.15) is 0 Å². The fourth-order valence-electron chi connectivity index (χ4n) is 4.47. The van der Waals surface area contributed by atoms with Gasteiger partial charge in [0, 0.05) is 23.0 Å². The molecule has 1 aliphatic rings. The molecule has 2 aromatic carbocycles. The van der Waals surface area contributed by atoms with Crippen molar-refractivity contribution in [3.8, 4) is 11.6 Å². The van der Waals surface area contributed by atoms with Gasteiger partial charge in [0.25, 0.3) is 5.56 Å². The van der Waals surface area contributed by atoms with Gasteiger partial charge >= 0.3 is 0 Å². The molecule has 5 heteroatoms. The molecular formula is C25H29N3O2. The van der Waals surface area contributed by atoms with E-state index >= 15 is 0 Å². The molecule has 3 aromatic rings. The lowest BCUT2D eigenvalue weighted by Crippen LogP contribution is -2.31. The quantitative estimate of drug-likeness (QED) is 0.649. The monoisotopic (exact) mass is 403 g/mol. The number of nitrogens with zero attached hydrogens (tertiary/aromatic N) is 3. The van der Waals surface area contributed by atoms with E-state index in [9.17, 15) is 9.90 Å². The SMILES string of the molecule is CCN1CCC[C@@H]1CN=Cc1c(O)n(-c2cccc(C)c2C)c(=O)c2ccccc12. The Morgan fingerprint density at radius 3 is 2.67 bits per heavy atom. The van der Waals surface area contributed by atoms with E-state index in [0.717, 1.165) is 36.0 Å². The summed E-state index contributed by atoms with van der Waals surface area (Å²) in [5.41, 5.74) is 3.11. The highest BCUT2D eigenvalue weighted by atomic mass is 16.3. The average Bonchev–Trinajstić information content (AvgIpc) is 3.21. The van der Waals surface area contributed by atoms with Crippen molar-refractivity contribution in [2.45, 2.75) is 39.7 Å². The largest absolute Gasteiger partial charge is 0.494 e. The molecule has 0 spiro atoms. The van der Waals surface area contributed by atoms with Gasteiger partial charge < -0.3 is 5.11 Å². The standard InChI is InChI=1S/C25H29N3O2/c1-4-27-14-8-10-19(27)15-26-16-22-20-11-5-6-12-21(20)24(29)28(25(22)30)23-13-7-9-17(2)18(23)3/h5-7,9,11-13,16,19,30H,4,8,10,14-15H2,1-3H3/t19-/m1/s1. The van der Waals surface area contributed by atoms with E-state index in [4.69, 9.17) is 4.99 Å². The van der Waals surface area contributed by atoms with Crippen LogP contribution in [0, 0.1) is 13.8 Å². The fraction of sp³-hybridized carbons (Fsp3) is 0.360. The molecule has 1 aromatic heterocycles. The van der Waals surface area contributed by atoms with E-state index in [1.54, 1.807) is 6.21 Å². The molecule has 1 saturated heterocycles. The maximum absolute atomic E-state index is 13.3. The van der Waals surface area contributed by atoms with Crippen LogP contribution in [0.1, 0.15) is 36.5 Å². The third-order valence-electron chi connectivity index (χ3n) is 6.36. The van der Waals surface area contributed by atoms with Crippen molar-refractivity contribution in [1.29, 1.82) is 0 Å². The summed E-state index contributed by atoms with van der Waals surface area (Å²) in [5.74, 6) is -0.0603. The van der Waals surface area contributed by atoms with Gasteiger partial charge in [0.2, 0.25) is 5.88 Å². The second-order valence-electron chi connectivity index (χ2n) is 8.06. The summed E-state index contributed by atoms with van der Waals surface area (Å²) >= 11 is 0. The molecule has 5 nitrogen and oxygen atoms in total. The number of aromatic hydroxyl groups is 1. The molecule has 0 amide bonds. The minimum Gasteiger partial charge on any atom is -0.494 e. The first-order valence-electron chi connectivity index (χ1n) is 10.7. The molecule has 2 heterocycles. The Hall–Kier alpha value is -2.92. The Kier molecular flexibility index (Phi) is 5.73. The number of rotatable bonds is 5. The predicted octanol–water partition coefficient (Wildman–Crippen LogP) is 4.22. The van der Waals surface area contributed by atoms with Crippen LogP contribution in [0.15, 0.2) is 52.3 Å². The lowest BCUT2D eigenvalue weighted by atomic mass is 10.0. The zero-order valence-corrected chi connectivity index (χ0v) is 17.9. The lowest BCUT2D eigenvalue weighted by Gasteiger charge is -2.20. The van der Waals surface area contributed by atoms with Crippen molar-refractivity contribution >= 4 is 17.0 Å². The van der Waals surface area contributed by atoms with Gasteiger partial charge in [-0.1, -0.05) is 37.3 Å². The normalized spacial score (nSPS) is 17.4. The number of hydrogen-bond acceptors (Lipinski definition) is 4. The van der Waals surface area contributed by atoms with Crippen molar-refractivity contribution in [1.82, 2.24) is 9.47 Å². The van der Waals surface area contributed by atoms with Gasteiger partial charge in [-0.15, -0.1) is 0 Å². The van der Waals surface area contributed by atoms with Gasteiger partial charge in [-0.2, -0.15) is 0 Å². The minimum absolute atomic E-state index is 0.0603. The summed E-state index contributed by atoms with van der Waals surface area (Å²) in [7, 11) is 0. The number of likely N-dealkylation sites (N-methyl/N-ethyl adjacent to an activating group) is 1. The van der Waals surface area contributed by atoms with Crippen molar-refractivity contribution < 1.29 is 5.11 Å². The van der Waals surface area contributed by atoms with E-state index in [2.05, 4.69) is 11.8 Å². The molecule has 1 N–H and O–H groups in total. The van der Waals surface area contributed by atoms with E-state index in [0.29, 0.717) is 29.2 Å². The highest BCUT2D eigenvalue weighted by molar-refractivity contribution is 6.01. The molecule has 4 rings (SSSR count). The Labute approximate surface area is 177 Å². The van der Waals surface area contributed by atoms with Gasteiger partial charge in [0.15, 0.2) is 0 Å². The first-order chi connectivity index (χ1) is 14.5. The van der Waals surface area contributed by atoms with Crippen molar-refractivity contribution in [2.75, 3.05) is 19.6 Å². The van der Waals surface area contributed by atoms with Crippen LogP contribution < -0.4 is 5.56 Å². The third-order valence-corrected chi connectivity index (χ3v) is 6.36. The number of aromatic nitrogens is 1. The van der Waals surface area contributed by atoms with Crippen LogP contribution in [0.2, 0.25) is 0 Å². The number of aryl methyl sites for hydroxylation is 1. The van der Waals surface area contributed by atoms with E-state index < -0.39 is 0 Å². The highest BCUT2D eigenvalue weighted by Crippen LogP contribution is 2.28. The van der Waals surface area contributed by atoms with Crippen LogP contribution in [0.25, 0.3) is 16.5 Å². The van der Waals surface area contributed by atoms with E-state index in [1.165, 1.54) is 11.0 Å². The highest BCUT2D eigenvalue weighted by Gasteiger charge is 2.22. The Balaban J connectivity index is 1.84.